The summed E-state index contributed by atoms with van der Waals surface area (Å²) in [6.07, 6.45) is 1.02. The average molecular weight is 550 g/mol. The van der Waals surface area contributed by atoms with Crippen molar-refractivity contribution < 1.29 is 19.1 Å². The molecule has 0 fully saturated rings. The number of rotatable bonds is 8. The van der Waals surface area contributed by atoms with Crippen molar-refractivity contribution in [2.75, 3.05) is 19.0 Å². The van der Waals surface area contributed by atoms with Gasteiger partial charge in [-0.2, -0.15) is 5.10 Å². The molecule has 154 valence electrons. The fraction of sp³-hybridized carbons (Fsp3) is 0.211. The van der Waals surface area contributed by atoms with Gasteiger partial charge in [-0.25, -0.2) is 5.43 Å². The van der Waals surface area contributed by atoms with E-state index >= 15 is 0 Å². The van der Waals surface area contributed by atoms with E-state index in [2.05, 4.69) is 38.4 Å². The second-order valence-electron chi connectivity index (χ2n) is 5.59. The summed E-state index contributed by atoms with van der Waals surface area (Å²) in [5.74, 6) is 0.0843. The third kappa shape index (κ3) is 6.76. The van der Waals surface area contributed by atoms with Crippen molar-refractivity contribution in [1.82, 2.24) is 5.43 Å². The zero-order valence-corrected chi connectivity index (χ0v) is 19.3. The van der Waals surface area contributed by atoms with Crippen molar-refractivity contribution in [3.63, 3.8) is 0 Å². The summed E-state index contributed by atoms with van der Waals surface area (Å²) in [6.45, 7) is 2.40. The quantitative estimate of drug-likeness (QED) is 0.220. The van der Waals surface area contributed by atoms with Crippen LogP contribution in [0.15, 0.2) is 35.4 Å². The lowest BCUT2D eigenvalue weighted by atomic mass is 10.2. The van der Waals surface area contributed by atoms with E-state index in [1.54, 1.807) is 31.4 Å². The first-order valence-electron chi connectivity index (χ1n) is 8.41. The van der Waals surface area contributed by atoms with Crippen LogP contribution >= 0.6 is 45.8 Å². The number of ether oxygens (including phenoxy) is 2. The molecule has 10 heteroatoms. The zero-order chi connectivity index (χ0) is 21.4. The molecule has 0 aliphatic rings. The fourth-order valence-corrected chi connectivity index (χ4v) is 3.39. The molecule has 0 aliphatic heterocycles. The van der Waals surface area contributed by atoms with Crippen LogP contribution in [-0.2, 0) is 9.59 Å². The van der Waals surface area contributed by atoms with Crippen LogP contribution in [0.5, 0.6) is 11.5 Å². The predicted molar refractivity (Wildman–Crippen MR) is 122 cm³/mol. The molecule has 0 spiro atoms. The highest BCUT2D eigenvalue weighted by Gasteiger charge is 2.13. The number of carbonyl (C=O) groups is 2. The first-order chi connectivity index (χ1) is 13.8. The van der Waals surface area contributed by atoms with Gasteiger partial charge in [-0.15, -0.1) is 0 Å². The van der Waals surface area contributed by atoms with Crippen LogP contribution in [0.2, 0.25) is 10.0 Å². The summed E-state index contributed by atoms with van der Waals surface area (Å²) >= 11 is 14.0. The van der Waals surface area contributed by atoms with Gasteiger partial charge in [0.2, 0.25) is 11.8 Å². The Kier molecular flexibility index (Phi) is 8.99. The van der Waals surface area contributed by atoms with Gasteiger partial charge in [0, 0.05) is 0 Å². The van der Waals surface area contributed by atoms with Crippen LogP contribution < -0.4 is 20.2 Å². The van der Waals surface area contributed by atoms with Crippen LogP contribution in [0.4, 0.5) is 5.69 Å². The smallest absolute Gasteiger partial charge is 0.249 e. The highest BCUT2D eigenvalue weighted by atomic mass is 127. The standard InChI is InChI=1S/C19H18Cl2IN3O4/c1-3-29-19-13(22)7-11(8-15(19)28-2)10-23-25-17(27)9-16(26)24-14-6-4-5-12(20)18(14)21/h4-8,10H,3,9H2,1-2H3,(H,24,26)(H,25,27). The normalized spacial score (nSPS) is 10.7. The lowest BCUT2D eigenvalue weighted by molar-refractivity contribution is -0.126. The van der Waals surface area contributed by atoms with Gasteiger partial charge in [-0.05, 0) is 59.3 Å². The van der Waals surface area contributed by atoms with E-state index in [-0.39, 0.29) is 5.02 Å². The van der Waals surface area contributed by atoms with Crippen LogP contribution in [0.1, 0.15) is 18.9 Å². The van der Waals surface area contributed by atoms with Crippen molar-refractivity contribution in [3.8, 4) is 11.5 Å². The number of hydrogen-bond donors (Lipinski definition) is 2. The minimum Gasteiger partial charge on any atom is -0.493 e. The van der Waals surface area contributed by atoms with Crippen LogP contribution in [0, 0.1) is 3.57 Å². The largest absolute Gasteiger partial charge is 0.493 e. The summed E-state index contributed by atoms with van der Waals surface area (Å²) in [6, 6.07) is 8.38. The molecule has 0 saturated heterocycles. The number of halogens is 3. The third-order valence-corrected chi connectivity index (χ3v) is 5.11. The summed E-state index contributed by atoms with van der Waals surface area (Å²) < 4.78 is 11.7. The van der Waals surface area contributed by atoms with E-state index in [1.165, 1.54) is 6.21 Å². The van der Waals surface area contributed by atoms with E-state index in [9.17, 15) is 9.59 Å². The molecule has 2 amide bonds. The molecule has 2 rings (SSSR count). The van der Waals surface area contributed by atoms with Crippen molar-refractivity contribution in [1.29, 1.82) is 0 Å². The molecule has 0 radical (unpaired) electrons. The highest BCUT2D eigenvalue weighted by molar-refractivity contribution is 14.1. The number of methoxy groups -OCH3 is 1. The van der Waals surface area contributed by atoms with E-state index in [4.69, 9.17) is 32.7 Å². The molecular weight excluding hydrogens is 532 g/mol. The van der Waals surface area contributed by atoms with E-state index in [0.29, 0.717) is 34.4 Å². The summed E-state index contributed by atoms with van der Waals surface area (Å²) in [4.78, 5) is 23.9. The molecule has 29 heavy (non-hydrogen) atoms. The highest BCUT2D eigenvalue weighted by Crippen LogP contribution is 2.33. The number of nitrogens with zero attached hydrogens (tertiary/aromatic N) is 1. The van der Waals surface area contributed by atoms with Gasteiger partial charge < -0.3 is 14.8 Å². The Bertz CT molecular complexity index is 938. The molecule has 2 N–H and O–H groups in total. The number of anilines is 1. The Balaban J connectivity index is 1.94. The topological polar surface area (TPSA) is 89.0 Å². The second-order valence-corrected chi connectivity index (χ2v) is 7.53. The Morgan fingerprint density at radius 1 is 1.24 bits per heavy atom. The fourth-order valence-electron chi connectivity index (χ4n) is 2.26. The summed E-state index contributed by atoms with van der Waals surface area (Å²) in [7, 11) is 1.54. The third-order valence-electron chi connectivity index (χ3n) is 3.49. The Labute approximate surface area is 191 Å². The molecule has 2 aromatic carbocycles. The van der Waals surface area contributed by atoms with Crippen molar-refractivity contribution >= 4 is 69.5 Å². The number of amides is 2. The predicted octanol–water partition coefficient (Wildman–Crippen LogP) is 4.48. The molecule has 2 aromatic rings. The molecule has 0 atom stereocenters. The maximum Gasteiger partial charge on any atom is 0.249 e. The molecule has 0 aliphatic carbocycles. The first-order valence-corrected chi connectivity index (χ1v) is 10.2. The van der Waals surface area contributed by atoms with Crippen molar-refractivity contribution in [2.24, 2.45) is 5.10 Å². The first kappa shape index (κ1) is 23.2. The number of hydrazone groups is 1. The van der Waals surface area contributed by atoms with Crippen molar-refractivity contribution in [3.05, 3.63) is 49.5 Å². The number of nitrogens with one attached hydrogen (secondary N) is 2. The minimum absolute atomic E-state index is 0.208. The molecule has 7 nitrogen and oxygen atoms in total. The Morgan fingerprint density at radius 2 is 2.00 bits per heavy atom. The van der Waals surface area contributed by atoms with Gasteiger partial charge >= 0.3 is 0 Å². The molecule has 0 aromatic heterocycles. The van der Waals surface area contributed by atoms with E-state index in [1.807, 2.05) is 13.0 Å². The molecule has 0 unspecified atom stereocenters. The molecule has 0 saturated carbocycles. The monoisotopic (exact) mass is 549 g/mol. The molecular formula is C19H18Cl2IN3O4. The van der Waals surface area contributed by atoms with Gasteiger partial charge in [0.05, 0.1) is 39.2 Å². The average Bonchev–Trinajstić information content (AvgIpc) is 2.67. The van der Waals surface area contributed by atoms with Gasteiger partial charge in [0.25, 0.3) is 0 Å². The van der Waals surface area contributed by atoms with Gasteiger partial charge in [0.1, 0.15) is 6.42 Å². The summed E-state index contributed by atoms with van der Waals surface area (Å²) in [5, 5.41) is 6.92. The number of carbonyl (C=O) groups excluding carboxylic acids is 2. The van der Waals surface area contributed by atoms with Gasteiger partial charge in [-0.1, -0.05) is 29.3 Å². The van der Waals surface area contributed by atoms with Crippen molar-refractivity contribution in [2.45, 2.75) is 13.3 Å². The zero-order valence-electron chi connectivity index (χ0n) is 15.6. The lowest BCUT2D eigenvalue weighted by Crippen LogP contribution is -2.24. The van der Waals surface area contributed by atoms with Crippen LogP contribution in [0.3, 0.4) is 0 Å². The van der Waals surface area contributed by atoms with Gasteiger partial charge in [0.15, 0.2) is 11.5 Å². The molecule has 0 heterocycles. The maximum atomic E-state index is 12.0. The SMILES string of the molecule is CCOc1c(I)cc(C=NNC(=O)CC(=O)Nc2cccc(Cl)c2Cl)cc1OC. The van der Waals surface area contributed by atoms with Gasteiger partial charge in [-0.3, -0.25) is 9.59 Å². The Hall–Kier alpha value is -2.04. The maximum absolute atomic E-state index is 12.0. The number of hydrogen-bond acceptors (Lipinski definition) is 5. The second kappa shape index (κ2) is 11.2. The summed E-state index contributed by atoms with van der Waals surface area (Å²) in [5.41, 5.74) is 3.34. The van der Waals surface area contributed by atoms with Crippen LogP contribution in [-0.4, -0.2) is 31.7 Å². The van der Waals surface area contributed by atoms with E-state index in [0.717, 1.165) is 3.57 Å². The minimum atomic E-state index is -0.579. The van der Waals surface area contributed by atoms with Crippen LogP contribution in [0.25, 0.3) is 0 Å². The van der Waals surface area contributed by atoms with E-state index < -0.39 is 18.2 Å². The Morgan fingerprint density at radius 3 is 2.69 bits per heavy atom. The lowest BCUT2D eigenvalue weighted by Gasteiger charge is -2.12. The molecule has 0 bridgehead atoms. The number of benzene rings is 2.